The Morgan fingerprint density at radius 1 is 1.21 bits per heavy atom. The highest BCUT2D eigenvalue weighted by atomic mass is 79.9. The lowest BCUT2D eigenvalue weighted by Crippen LogP contribution is -2.42. The maximum Gasteiger partial charge on any atom is 0.315 e. The van der Waals surface area contributed by atoms with Gasteiger partial charge < -0.3 is 9.16 Å². The minimum absolute atomic E-state index is 0.159. The fourth-order valence-electron chi connectivity index (χ4n) is 3.43. The van der Waals surface area contributed by atoms with E-state index in [4.69, 9.17) is 9.16 Å². The van der Waals surface area contributed by atoms with E-state index in [1.807, 2.05) is 31.2 Å². The molecule has 1 unspecified atom stereocenters. The predicted molar refractivity (Wildman–Crippen MR) is 122 cm³/mol. The molecule has 5 heteroatoms. The molecule has 1 fully saturated rings. The summed E-state index contributed by atoms with van der Waals surface area (Å²) < 4.78 is 12.7. The summed E-state index contributed by atoms with van der Waals surface area (Å²) >= 11 is 3.53. The molecule has 0 aromatic heterocycles. The molecule has 3 nitrogen and oxygen atoms in total. The number of ether oxygens (including phenoxy) is 1. The highest BCUT2D eigenvalue weighted by molar-refractivity contribution is 9.10. The van der Waals surface area contributed by atoms with Crippen molar-refractivity contribution in [1.82, 2.24) is 0 Å². The second-order valence-electron chi connectivity index (χ2n) is 10.2. The largest absolute Gasteiger partial charge is 0.468 e. The van der Waals surface area contributed by atoms with Crippen LogP contribution >= 0.6 is 15.9 Å². The van der Waals surface area contributed by atoms with E-state index in [0.717, 1.165) is 35.9 Å². The average Bonchev–Trinajstić information content (AvgIpc) is 3.38. The first-order valence-electron chi connectivity index (χ1n) is 10.3. The number of methoxy groups -OCH3 is 1. The van der Waals surface area contributed by atoms with Crippen molar-refractivity contribution < 1.29 is 14.0 Å². The summed E-state index contributed by atoms with van der Waals surface area (Å²) in [5.41, 5.74) is 0.717. The smallest absolute Gasteiger partial charge is 0.315 e. The lowest BCUT2D eigenvalue weighted by molar-refractivity contribution is -0.147. The Bertz CT molecular complexity index is 691. The van der Waals surface area contributed by atoms with E-state index in [1.165, 1.54) is 20.0 Å². The number of hydrogen-bond acceptors (Lipinski definition) is 3. The van der Waals surface area contributed by atoms with Crippen LogP contribution in [0.2, 0.25) is 18.1 Å². The molecule has 1 aliphatic rings. The van der Waals surface area contributed by atoms with E-state index in [1.54, 1.807) is 0 Å². The van der Waals surface area contributed by atoms with E-state index in [-0.39, 0.29) is 11.0 Å². The van der Waals surface area contributed by atoms with E-state index in [2.05, 4.69) is 49.8 Å². The first-order valence-corrected chi connectivity index (χ1v) is 14.0. The minimum atomic E-state index is -1.71. The van der Waals surface area contributed by atoms with Gasteiger partial charge in [-0.15, -0.1) is 0 Å². The minimum Gasteiger partial charge on any atom is -0.468 e. The lowest BCUT2D eigenvalue weighted by atomic mass is 9.77. The molecule has 2 rings (SSSR count). The van der Waals surface area contributed by atoms with E-state index in [9.17, 15) is 4.79 Å². The summed E-state index contributed by atoms with van der Waals surface area (Å²) in [6.45, 7) is 14.4. The highest BCUT2D eigenvalue weighted by Crippen LogP contribution is 2.52. The van der Waals surface area contributed by atoms with Gasteiger partial charge in [0.25, 0.3) is 0 Å². The third-order valence-corrected chi connectivity index (χ3v) is 12.0. The molecule has 1 saturated carbocycles. The molecule has 0 N–H and O–H groups in total. The lowest BCUT2D eigenvalue weighted by Gasteiger charge is -2.37. The van der Waals surface area contributed by atoms with Crippen molar-refractivity contribution in [3.8, 4) is 0 Å². The van der Waals surface area contributed by atoms with Gasteiger partial charge in [0.15, 0.2) is 8.32 Å². The summed E-state index contributed by atoms with van der Waals surface area (Å²) in [4.78, 5) is 12.6. The third kappa shape index (κ3) is 5.48. The molecule has 0 bridgehead atoms. The maximum absolute atomic E-state index is 12.6. The molecule has 0 saturated heterocycles. The molecule has 0 heterocycles. The van der Waals surface area contributed by atoms with Gasteiger partial charge in [-0.25, -0.2) is 0 Å². The zero-order chi connectivity index (χ0) is 21.2. The van der Waals surface area contributed by atoms with Crippen molar-refractivity contribution in [2.75, 3.05) is 13.7 Å². The van der Waals surface area contributed by atoms with Gasteiger partial charge in [-0.1, -0.05) is 55.3 Å². The van der Waals surface area contributed by atoms with E-state index < -0.39 is 13.7 Å². The second-order valence-corrected chi connectivity index (χ2v) is 16.0. The Morgan fingerprint density at radius 2 is 1.86 bits per heavy atom. The molecule has 0 amide bonds. The van der Waals surface area contributed by atoms with Crippen molar-refractivity contribution in [2.45, 2.75) is 83.3 Å². The van der Waals surface area contributed by atoms with Gasteiger partial charge in [0.1, 0.15) is 0 Å². The van der Waals surface area contributed by atoms with Crippen LogP contribution < -0.4 is 0 Å². The van der Waals surface area contributed by atoms with Crippen LogP contribution in [0, 0.1) is 5.41 Å². The van der Waals surface area contributed by atoms with Crippen LogP contribution in [0.4, 0.5) is 0 Å². The molecule has 158 valence electrons. The Balaban J connectivity index is 2.00. The van der Waals surface area contributed by atoms with Crippen LogP contribution in [0.15, 0.2) is 28.7 Å². The van der Waals surface area contributed by atoms with Crippen LogP contribution in [0.1, 0.15) is 65.4 Å². The number of rotatable bonds is 9. The molecule has 1 aromatic carbocycles. The summed E-state index contributed by atoms with van der Waals surface area (Å²) in [7, 11) is -0.232. The first kappa shape index (κ1) is 23.6. The quantitative estimate of drug-likeness (QED) is 0.293. The average molecular weight is 470 g/mol. The standard InChI is InChI=1S/C23H37BrO3Si/c1-21(2,3)28(6,7)27-17-23(14-15-23)13-9-12-22(4,20(25)26-5)18-10-8-11-19(24)16-18/h8,10-11,16H,9,12-15,17H2,1-7H3. The molecule has 28 heavy (non-hydrogen) atoms. The summed E-state index contributed by atoms with van der Waals surface area (Å²) in [5, 5.41) is 0.243. The van der Waals surface area contributed by atoms with Crippen molar-refractivity contribution in [3.05, 3.63) is 34.3 Å². The topological polar surface area (TPSA) is 35.5 Å². The monoisotopic (exact) mass is 468 g/mol. The summed E-state index contributed by atoms with van der Waals surface area (Å²) in [6, 6.07) is 8.02. The highest BCUT2D eigenvalue weighted by Gasteiger charge is 2.46. The van der Waals surface area contributed by atoms with E-state index >= 15 is 0 Å². The van der Waals surface area contributed by atoms with Crippen LogP contribution in [0.3, 0.4) is 0 Å². The first-order chi connectivity index (χ1) is 12.9. The number of carbonyl (C=O) groups excluding carboxylic acids is 1. The Kier molecular flexibility index (Phi) is 7.26. The van der Waals surface area contributed by atoms with Gasteiger partial charge >= 0.3 is 5.97 Å². The second kappa shape index (κ2) is 8.61. The number of esters is 1. The van der Waals surface area contributed by atoms with Crippen molar-refractivity contribution >= 4 is 30.2 Å². The van der Waals surface area contributed by atoms with Crippen molar-refractivity contribution in [2.24, 2.45) is 5.41 Å². The van der Waals surface area contributed by atoms with Crippen molar-refractivity contribution in [1.29, 1.82) is 0 Å². The molecule has 0 spiro atoms. The van der Waals surface area contributed by atoms with Crippen LogP contribution in [-0.2, 0) is 19.4 Å². The Morgan fingerprint density at radius 3 is 2.36 bits per heavy atom. The van der Waals surface area contributed by atoms with Crippen LogP contribution in [-0.4, -0.2) is 28.0 Å². The summed E-state index contributed by atoms with van der Waals surface area (Å²) in [6.07, 6.45) is 5.39. The number of benzene rings is 1. The number of halogens is 1. The Hall–Kier alpha value is -0.653. The normalized spacial score (nSPS) is 18.4. The third-order valence-electron chi connectivity index (χ3n) is 6.98. The predicted octanol–water partition coefficient (Wildman–Crippen LogP) is 6.85. The van der Waals surface area contributed by atoms with Gasteiger partial charge in [-0.3, -0.25) is 4.79 Å². The van der Waals surface area contributed by atoms with E-state index in [0.29, 0.717) is 5.41 Å². The van der Waals surface area contributed by atoms with Gasteiger partial charge in [0, 0.05) is 11.1 Å². The van der Waals surface area contributed by atoms with Gasteiger partial charge in [0.2, 0.25) is 0 Å². The molecular weight excluding hydrogens is 432 g/mol. The van der Waals surface area contributed by atoms with Gasteiger partial charge in [0.05, 0.1) is 12.5 Å². The molecule has 1 atom stereocenters. The fraction of sp³-hybridized carbons (Fsp3) is 0.696. The molecule has 1 aliphatic carbocycles. The Labute approximate surface area is 180 Å². The zero-order valence-corrected chi connectivity index (χ0v) is 21.2. The molecule has 0 aliphatic heterocycles. The van der Waals surface area contributed by atoms with Gasteiger partial charge in [-0.2, -0.15) is 0 Å². The van der Waals surface area contributed by atoms with Crippen LogP contribution in [0.5, 0.6) is 0 Å². The van der Waals surface area contributed by atoms with Crippen LogP contribution in [0.25, 0.3) is 0 Å². The maximum atomic E-state index is 12.6. The zero-order valence-electron chi connectivity index (χ0n) is 18.7. The number of carbonyl (C=O) groups is 1. The van der Waals surface area contributed by atoms with Crippen molar-refractivity contribution in [3.63, 3.8) is 0 Å². The summed E-state index contributed by atoms with van der Waals surface area (Å²) in [5.74, 6) is -0.159. The molecular formula is C23H37BrO3Si. The SMILES string of the molecule is COC(=O)C(C)(CCCC1(CO[Si](C)(C)C(C)(C)C)CC1)c1cccc(Br)c1. The molecule has 1 aromatic rings. The molecule has 0 radical (unpaired) electrons. The van der Waals surface area contributed by atoms with Gasteiger partial charge in [-0.05, 0) is 73.9 Å². The fourth-order valence-corrected chi connectivity index (χ4v) is 4.93. The number of hydrogen-bond donors (Lipinski definition) is 0.